The summed E-state index contributed by atoms with van der Waals surface area (Å²) in [5.41, 5.74) is 2.37. The van der Waals surface area contributed by atoms with Gasteiger partial charge in [0.15, 0.2) is 0 Å². The molecule has 124 valence electrons. The number of esters is 1. The van der Waals surface area contributed by atoms with Crippen molar-refractivity contribution in [3.05, 3.63) is 33.8 Å². The molecule has 1 aromatic carbocycles. The van der Waals surface area contributed by atoms with Gasteiger partial charge in [0.2, 0.25) is 5.91 Å². The van der Waals surface area contributed by atoms with E-state index in [1.165, 1.54) is 5.56 Å². The molecule has 1 aromatic rings. The normalized spacial score (nSPS) is 24.8. The Morgan fingerprint density at radius 2 is 2.13 bits per heavy atom. The summed E-state index contributed by atoms with van der Waals surface area (Å²) in [7, 11) is 1.78. The fraction of sp³-hybridized carbons (Fsp3) is 0.556. The van der Waals surface area contributed by atoms with Crippen molar-refractivity contribution < 1.29 is 14.3 Å². The smallest absolute Gasteiger partial charge is 0.310 e. The quantitative estimate of drug-likeness (QED) is 0.582. The van der Waals surface area contributed by atoms with Gasteiger partial charge in [0, 0.05) is 24.5 Å². The molecule has 5 heteroatoms. The summed E-state index contributed by atoms with van der Waals surface area (Å²) in [6.45, 7) is 0.630. The number of halogens is 1. The maximum Gasteiger partial charge on any atom is 0.310 e. The maximum atomic E-state index is 12.5. The average molecular weight is 380 g/mol. The van der Waals surface area contributed by atoms with Crippen molar-refractivity contribution >= 4 is 27.8 Å². The summed E-state index contributed by atoms with van der Waals surface area (Å²) in [4.78, 5) is 26.0. The Balaban J connectivity index is 1.74. The van der Waals surface area contributed by atoms with Gasteiger partial charge in [0.1, 0.15) is 6.10 Å². The van der Waals surface area contributed by atoms with Crippen LogP contribution in [0.2, 0.25) is 0 Å². The van der Waals surface area contributed by atoms with Gasteiger partial charge < -0.3 is 9.64 Å². The van der Waals surface area contributed by atoms with Gasteiger partial charge in [-0.2, -0.15) is 0 Å². The van der Waals surface area contributed by atoms with E-state index in [-0.39, 0.29) is 30.3 Å². The van der Waals surface area contributed by atoms with Crippen LogP contribution in [0.3, 0.4) is 0 Å². The number of hydrogen-bond acceptors (Lipinski definition) is 3. The Labute approximate surface area is 145 Å². The highest BCUT2D eigenvalue weighted by Gasteiger charge is 2.32. The van der Waals surface area contributed by atoms with E-state index in [0.29, 0.717) is 13.0 Å². The molecule has 1 fully saturated rings. The number of ether oxygens (including phenoxy) is 1. The van der Waals surface area contributed by atoms with Crippen LogP contribution in [0.4, 0.5) is 0 Å². The molecule has 1 saturated heterocycles. The first kappa shape index (κ1) is 16.5. The third kappa shape index (κ3) is 3.60. The molecule has 0 saturated carbocycles. The van der Waals surface area contributed by atoms with Gasteiger partial charge in [0.25, 0.3) is 0 Å². The van der Waals surface area contributed by atoms with Gasteiger partial charge in [-0.25, -0.2) is 0 Å². The first-order valence-electron chi connectivity index (χ1n) is 8.28. The van der Waals surface area contributed by atoms with E-state index in [1.807, 2.05) is 12.1 Å². The molecule has 4 nitrogen and oxygen atoms in total. The molecule has 0 bridgehead atoms. The number of rotatable bonds is 2. The molecule has 1 aliphatic carbocycles. The summed E-state index contributed by atoms with van der Waals surface area (Å²) in [5.74, 6) is -0.482. The van der Waals surface area contributed by atoms with Gasteiger partial charge in [-0.3, -0.25) is 9.59 Å². The first-order valence-corrected chi connectivity index (χ1v) is 9.07. The van der Waals surface area contributed by atoms with Crippen LogP contribution in [0, 0.1) is 5.92 Å². The van der Waals surface area contributed by atoms with E-state index in [1.54, 1.807) is 11.9 Å². The van der Waals surface area contributed by atoms with Crippen molar-refractivity contribution in [2.24, 2.45) is 5.92 Å². The standard InChI is InChI=1S/C18H22BrNO3/c1-20-10-9-12(11-17(20)21)18(22)23-16-8-3-2-5-13-14(16)6-4-7-15(13)19/h4,6-7,12,16H,2-3,5,8-11H2,1H3/t12-,16+/m0/s1. The van der Waals surface area contributed by atoms with Crippen LogP contribution >= 0.6 is 15.9 Å². The number of fused-ring (bicyclic) bond motifs is 1. The van der Waals surface area contributed by atoms with Crippen molar-refractivity contribution in [1.29, 1.82) is 0 Å². The Bertz CT molecular complexity index is 616. The minimum absolute atomic E-state index is 0.0298. The summed E-state index contributed by atoms with van der Waals surface area (Å²) >= 11 is 3.61. The second-order valence-corrected chi connectivity index (χ2v) is 7.34. The topological polar surface area (TPSA) is 46.6 Å². The summed E-state index contributed by atoms with van der Waals surface area (Å²) < 4.78 is 6.94. The van der Waals surface area contributed by atoms with E-state index < -0.39 is 0 Å². The first-order chi connectivity index (χ1) is 11.1. The third-order valence-corrected chi connectivity index (χ3v) is 5.64. The summed E-state index contributed by atoms with van der Waals surface area (Å²) in [6.07, 6.45) is 4.80. The summed E-state index contributed by atoms with van der Waals surface area (Å²) in [5, 5.41) is 0. The van der Waals surface area contributed by atoms with Crippen LogP contribution in [-0.4, -0.2) is 30.4 Å². The minimum atomic E-state index is -0.294. The molecule has 1 heterocycles. The number of carbonyl (C=O) groups excluding carboxylic acids is 2. The van der Waals surface area contributed by atoms with Crippen molar-refractivity contribution in [2.45, 2.75) is 44.6 Å². The predicted octanol–water partition coefficient (Wildman–Crippen LogP) is 3.63. The lowest BCUT2D eigenvalue weighted by molar-refractivity contribution is -0.159. The van der Waals surface area contributed by atoms with E-state index in [2.05, 4.69) is 22.0 Å². The Morgan fingerprint density at radius 1 is 1.30 bits per heavy atom. The Kier molecular flexibility index (Phi) is 5.05. The molecular weight excluding hydrogens is 358 g/mol. The van der Waals surface area contributed by atoms with Crippen molar-refractivity contribution in [1.82, 2.24) is 4.90 Å². The SMILES string of the molecule is CN1CC[C@H](C(=O)O[C@@H]2CCCCc3c(Br)cccc32)CC1=O. The molecule has 0 radical (unpaired) electrons. The Morgan fingerprint density at radius 3 is 2.91 bits per heavy atom. The highest BCUT2D eigenvalue weighted by molar-refractivity contribution is 9.10. The second kappa shape index (κ2) is 7.04. The zero-order valence-corrected chi connectivity index (χ0v) is 15.0. The minimum Gasteiger partial charge on any atom is -0.457 e. The molecule has 0 unspecified atom stereocenters. The molecule has 0 spiro atoms. The van der Waals surface area contributed by atoms with Gasteiger partial charge in [0.05, 0.1) is 5.92 Å². The fourth-order valence-electron chi connectivity index (χ4n) is 3.43. The van der Waals surface area contributed by atoms with Crippen LogP contribution in [-0.2, 0) is 20.7 Å². The number of amides is 1. The zero-order valence-electron chi connectivity index (χ0n) is 13.4. The Hall–Kier alpha value is -1.36. The lowest BCUT2D eigenvalue weighted by Gasteiger charge is -2.29. The molecule has 1 amide bonds. The van der Waals surface area contributed by atoms with Crippen molar-refractivity contribution in [3.8, 4) is 0 Å². The van der Waals surface area contributed by atoms with Crippen LogP contribution in [0.25, 0.3) is 0 Å². The number of hydrogen-bond donors (Lipinski definition) is 0. The highest BCUT2D eigenvalue weighted by atomic mass is 79.9. The van der Waals surface area contributed by atoms with E-state index >= 15 is 0 Å². The van der Waals surface area contributed by atoms with Crippen LogP contribution in [0.5, 0.6) is 0 Å². The molecular formula is C18H22BrNO3. The number of nitrogens with zero attached hydrogens (tertiary/aromatic N) is 1. The van der Waals surface area contributed by atoms with Crippen LogP contribution < -0.4 is 0 Å². The van der Waals surface area contributed by atoms with Gasteiger partial charge in [-0.05, 0) is 49.3 Å². The van der Waals surface area contributed by atoms with E-state index in [9.17, 15) is 9.59 Å². The number of benzene rings is 1. The molecule has 0 aromatic heterocycles. The number of carbonyl (C=O) groups is 2. The lowest BCUT2D eigenvalue weighted by atomic mass is 9.96. The third-order valence-electron chi connectivity index (χ3n) is 4.90. The number of piperidine rings is 1. The maximum absolute atomic E-state index is 12.5. The molecule has 2 aliphatic rings. The van der Waals surface area contributed by atoms with Gasteiger partial charge in [-0.15, -0.1) is 0 Å². The fourth-order valence-corrected chi connectivity index (χ4v) is 4.01. The zero-order chi connectivity index (χ0) is 16.4. The van der Waals surface area contributed by atoms with E-state index in [0.717, 1.165) is 35.7 Å². The van der Waals surface area contributed by atoms with Crippen LogP contribution in [0.1, 0.15) is 49.3 Å². The van der Waals surface area contributed by atoms with E-state index in [4.69, 9.17) is 4.74 Å². The van der Waals surface area contributed by atoms with Crippen LogP contribution in [0.15, 0.2) is 22.7 Å². The molecule has 2 atom stereocenters. The molecule has 23 heavy (non-hydrogen) atoms. The predicted molar refractivity (Wildman–Crippen MR) is 90.9 cm³/mol. The molecule has 1 aliphatic heterocycles. The van der Waals surface area contributed by atoms with Gasteiger partial charge >= 0.3 is 5.97 Å². The molecule has 3 rings (SSSR count). The lowest BCUT2D eigenvalue weighted by Crippen LogP contribution is -2.39. The van der Waals surface area contributed by atoms with Crippen molar-refractivity contribution in [2.75, 3.05) is 13.6 Å². The largest absolute Gasteiger partial charge is 0.457 e. The summed E-state index contributed by atoms with van der Waals surface area (Å²) in [6, 6.07) is 6.09. The highest BCUT2D eigenvalue weighted by Crippen LogP contribution is 2.36. The molecule has 0 N–H and O–H groups in total. The van der Waals surface area contributed by atoms with Gasteiger partial charge in [-0.1, -0.05) is 28.1 Å². The van der Waals surface area contributed by atoms with Crippen molar-refractivity contribution in [3.63, 3.8) is 0 Å². The number of likely N-dealkylation sites (tertiary alicyclic amines) is 1. The average Bonchev–Trinajstić information content (AvgIpc) is 2.74. The monoisotopic (exact) mass is 379 g/mol. The second-order valence-electron chi connectivity index (χ2n) is 6.48.